The van der Waals surface area contributed by atoms with Crippen molar-refractivity contribution in [1.29, 1.82) is 0 Å². The van der Waals surface area contributed by atoms with Crippen molar-refractivity contribution in [1.82, 2.24) is 0 Å². The van der Waals surface area contributed by atoms with Crippen molar-refractivity contribution in [2.45, 2.75) is 40.2 Å². The first-order valence-corrected chi connectivity index (χ1v) is 11.8. The van der Waals surface area contributed by atoms with E-state index in [2.05, 4.69) is 6.92 Å². The van der Waals surface area contributed by atoms with E-state index in [4.69, 9.17) is 4.74 Å². The van der Waals surface area contributed by atoms with Crippen molar-refractivity contribution >= 4 is 28.8 Å². The summed E-state index contributed by atoms with van der Waals surface area (Å²) in [6, 6.07) is 24.7. The molecule has 3 aromatic rings. The van der Waals surface area contributed by atoms with Gasteiger partial charge >= 0.3 is 0 Å². The Morgan fingerprint density at radius 1 is 0.824 bits per heavy atom. The van der Waals surface area contributed by atoms with Crippen LogP contribution in [0.4, 0.5) is 11.4 Å². The number of hydrogen-bond donors (Lipinski definition) is 0. The number of anilines is 2. The zero-order chi connectivity index (χ0) is 24.2. The summed E-state index contributed by atoms with van der Waals surface area (Å²) in [4.78, 5) is 30.8. The largest absolute Gasteiger partial charge is 0.491 e. The highest BCUT2D eigenvalue weighted by Crippen LogP contribution is 2.37. The Hall–Kier alpha value is -3.86. The summed E-state index contributed by atoms with van der Waals surface area (Å²) < 4.78 is 5.77. The standard InChI is InChI=1S/C29H30N2O3/c1-5-21-12-16-24(17-13-21)31-28(32)26(22-14-18-25(19-15-22)34-20(3)4)27(29(31)33)30(6-2)23-10-8-7-9-11-23/h7-20H,5-6H2,1-4H3. The Balaban J connectivity index is 1.83. The molecule has 2 amide bonds. The summed E-state index contributed by atoms with van der Waals surface area (Å²) >= 11 is 0. The number of ether oxygens (including phenoxy) is 1. The number of para-hydroxylation sites is 1. The van der Waals surface area contributed by atoms with Crippen LogP contribution in [-0.4, -0.2) is 24.5 Å². The van der Waals surface area contributed by atoms with E-state index in [1.807, 2.05) is 105 Å². The van der Waals surface area contributed by atoms with Crippen molar-refractivity contribution in [3.05, 3.63) is 95.7 Å². The predicted molar refractivity (Wildman–Crippen MR) is 137 cm³/mol. The summed E-state index contributed by atoms with van der Waals surface area (Å²) in [6.45, 7) is 8.53. The quantitative estimate of drug-likeness (QED) is 0.401. The van der Waals surface area contributed by atoms with Crippen LogP contribution in [-0.2, 0) is 16.0 Å². The lowest BCUT2D eigenvalue weighted by Crippen LogP contribution is -2.35. The number of rotatable bonds is 8. The molecule has 1 aliphatic heterocycles. The lowest BCUT2D eigenvalue weighted by molar-refractivity contribution is -0.120. The molecule has 5 nitrogen and oxygen atoms in total. The fourth-order valence-corrected chi connectivity index (χ4v) is 4.19. The van der Waals surface area contributed by atoms with Gasteiger partial charge in [0, 0.05) is 12.2 Å². The fourth-order valence-electron chi connectivity index (χ4n) is 4.19. The Bertz CT molecular complexity index is 1200. The summed E-state index contributed by atoms with van der Waals surface area (Å²) in [5.74, 6) is 0.0775. The molecule has 0 saturated heterocycles. The first kappa shape index (κ1) is 23.3. The zero-order valence-electron chi connectivity index (χ0n) is 20.1. The van der Waals surface area contributed by atoms with E-state index >= 15 is 0 Å². The Morgan fingerprint density at radius 2 is 1.47 bits per heavy atom. The third-order valence-electron chi connectivity index (χ3n) is 5.83. The Morgan fingerprint density at radius 3 is 2.03 bits per heavy atom. The number of carbonyl (C=O) groups is 2. The maximum Gasteiger partial charge on any atom is 0.282 e. The van der Waals surface area contributed by atoms with Gasteiger partial charge in [-0.3, -0.25) is 9.59 Å². The van der Waals surface area contributed by atoms with Gasteiger partial charge in [0.05, 0.1) is 17.4 Å². The molecule has 0 unspecified atom stereocenters. The SMILES string of the molecule is CCc1ccc(N2C(=O)C(c3ccc(OC(C)C)cc3)=C(N(CC)c3ccccc3)C2=O)cc1. The molecule has 34 heavy (non-hydrogen) atoms. The van der Waals surface area contributed by atoms with Crippen LogP contribution >= 0.6 is 0 Å². The topological polar surface area (TPSA) is 49.9 Å². The van der Waals surface area contributed by atoms with Gasteiger partial charge in [-0.2, -0.15) is 0 Å². The smallest absolute Gasteiger partial charge is 0.282 e. The number of benzene rings is 3. The fraction of sp³-hybridized carbons (Fsp3) is 0.241. The lowest BCUT2D eigenvalue weighted by Gasteiger charge is -2.25. The minimum absolute atomic E-state index is 0.0468. The first-order chi connectivity index (χ1) is 16.4. The number of imide groups is 1. The van der Waals surface area contributed by atoms with Crippen LogP contribution in [0.5, 0.6) is 5.75 Å². The summed E-state index contributed by atoms with van der Waals surface area (Å²) in [5, 5.41) is 0. The van der Waals surface area contributed by atoms with Gasteiger partial charge in [0.1, 0.15) is 11.4 Å². The minimum Gasteiger partial charge on any atom is -0.491 e. The van der Waals surface area contributed by atoms with Gasteiger partial charge in [-0.15, -0.1) is 0 Å². The highest BCUT2D eigenvalue weighted by Gasteiger charge is 2.42. The summed E-state index contributed by atoms with van der Waals surface area (Å²) in [7, 11) is 0. The van der Waals surface area contributed by atoms with Crippen molar-refractivity contribution in [2.24, 2.45) is 0 Å². The van der Waals surface area contributed by atoms with Gasteiger partial charge in [-0.25, -0.2) is 4.90 Å². The lowest BCUT2D eigenvalue weighted by atomic mass is 10.0. The number of hydrogen-bond acceptors (Lipinski definition) is 4. The Labute approximate surface area is 201 Å². The van der Waals surface area contributed by atoms with E-state index in [0.29, 0.717) is 29.1 Å². The molecule has 0 bridgehead atoms. The molecule has 3 aromatic carbocycles. The average molecular weight is 455 g/mol. The maximum atomic E-state index is 13.8. The molecule has 174 valence electrons. The van der Waals surface area contributed by atoms with Crippen LogP contribution in [0, 0.1) is 0 Å². The molecule has 0 fully saturated rings. The second-order valence-electron chi connectivity index (χ2n) is 8.46. The van der Waals surface area contributed by atoms with Crippen LogP contribution in [0.2, 0.25) is 0 Å². The predicted octanol–water partition coefficient (Wildman–Crippen LogP) is 5.85. The highest BCUT2D eigenvalue weighted by molar-refractivity contribution is 6.46. The van der Waals surface area contributed by atoms with Crippen LogP contribution in [0.25, 0.3) is 5.57 Å². The average Bonchev–Trinajstić information content (AvgIpc) is 3.10. The molecule has 4 rings (SSSR count). The molecule has 0 spiro atoms. The van der Waals surface area contributed by atoms with Crippen LogP contribution in [0.15, 0.2) is 84.6 Å². The number of likely N-dealkylation sites (N-methyl/N-ethyl adjacent to an activating group) is 1. The number of carbonyl (C=O) groups excluding carboxylic acids is 2. The number of amides is 2. The minimum atomic E-state index is -0.323. The van der Waals surface area contributed by atoms with Crippen molar-refractivity contribution in [2.75, 3.05) is 16.3 Å². The molecule has 0 aliphatic carbocycles. The maximum absolute atomic E-state index is 13.8. The molecule has 5 heteroatoms. The molecule has 0 radical (unpaired) electrons. The number of aryl methyl sites for hydroxylation is 1. The second kappa shape index (κ2) is 9.96. The van der Waals surface area contributed by atoms with Crippen molar-refractivity contribution in [3.8, 4) is 5.75 Å². The van der Waals surface area contributed by atoms with E-state index in [1.165, 1.54) is 4.90 Å². The van der Waals surface area contributed by atoms with Crippen LogP contribution in [0.3, 0.4) is 0 Å². The molecular weight excluding hydrogens is 424 g/mol. The highest BCUT2D eigenvalue weighted by atomic mass is 16.5. The van der Waals surface area contributed by atoms with Crippen LogP contribution < -0.4 is 14.5 Å². The molecule has 0 N–H and O–H groups in total. The van der Waals surface area contributed by atoms with Crippen LogP contribution in [0.1, 0.15) is 38.8 Å². The molecule has 0 aromatic heterocycles. The van der Waals surface area contributed by atoms with Crippen molar-refractivity contribution < 1.29 is 14.3 Å². The normalized spacial score (nSPS) is 13.7. The van der Waals surface area contributed by atoms with Gasteiger partial charge in [-0.05, 0) is 74.7 Å². The van der Waals surface area contributed by atoms with E-state index < -0.39 is 0 Å². The van der Waals surface area contributed by atoms with E-state index in [9.17, 15) is 9.59 Å². The number of nitrogens with zero attached hydrogens (tertiary/aromatic N) is 2. The third-order valence-corrected chi connectivity index (χ3v) is 5.83. The summed E-state index contributed by atoms with van der Waals surface area (Å²) in [6.07, 6.45) is 0.935. The van der Waals surface area contributed by atoms with Gasteiger partial charge in [-0.1, -0.05) is 49.4 Å². The first-order valence-electron chi connectivity index (χ1n) is 11.8. The molecule has 0 atom stereocenters. The Kier molecular flexibility index (Phi) is 6.82. The molecule has 1 heterocycles. The van der Waals surface area contributed by atoms with Gasteiger partial charge < -0.3 is 9.64 Å². The van der Waals surface area contributed by atoms with Gasteiger partial charge in [0.2, 0.25) is 0 Å². The monoisotopic (exact) mass is 454 g/mol. The molecular formula is C29H30N2O3. The van der Waals surface area contributed by atoms with Gasteiger partial charge in [0.25, 0.3) is 11.8 Å². The molecule has 0 saturated carbocycles. The summed E-state index contributed by atoms with van der Waals surface area (Å²) in [5.41, 5.74) is 4.05. The van der Waals surface area contributed by atoms with E-state index in [1.54, 1.807) is 0 Å². The molecule has 1 aliphatic rings. The van der Waals surface area contributed by atoms with E-state index in [0.717, 1.165) is 23.4 Å². The second-order valence-corrected chi connectivity index (χ2v) is 8.46. The zero-order valence-corrected chi connectivity index (χ0v) is 20.1. The third kappa shape index (κ3) is 4.46. The van der Waals surface area contributed by atoms with Crippen molar-refractivity contribution in [3.63, 3.8) is 0 Å². The van der Waals surface area contributed by atoms with E-state index in [-0.39, 0.29) is 17.9 Å². The van der Waals surface area contributed by atoms with Gasteiger partial charge in [0.15, 0.2) is 0 Å².